The standard InChI is InChI=1S/C20H30N2O6S/c1-14(2)28-19(23)10-11-21-20(24)16-8-9-17(27-4)18(13-16)29(25,26)22-12-6-5-7-15(22)3/h8-9,13-15H,5-7,10-12H2,1-4H3,(H,21,24). The predicted octanol–water partition coefficient (Wildman–Crippen LogP) is 2.33. The van der Waals surface area contributed by atoms with E-state index in [0.29, 0.717) is 6.54 Å². The van der Waals surface area contributed by atoms with E-state index in [0.717, 1.165) is 19.3 Å². The highest BCUT2D eigenvalue weighted by atomic mass is 32.2. The Balaban J connectivity index is 2.17. The number of nitrogens with zero attached hydrogens (tertiary/aromatic N) is 1. The molecule has 1 amide bonds. The molecule has 1 aliphatic heterocycles. The fourth-order valence-corrected chi connectivity index (χ4v) is 5.16. The van der Waals surface area contributed by atoms with Crippen LogP contribution in [-0.4, -0.2) is 56.9 Å². The van der Waals surface area contributed by atoms with E-state index in [9.17, 15) is 18.0 Å². The Morgan fingerprint density at radius 2 is 2.00 bits per heavy atom. The van der Waals surface area contributed by atoms with Crippen molar-refractivity contribution < 1.29 is 27.5 Å². The molecule has 1 aromatic carbocycles. The number of methoxy groups -OCH3 is 1. The van der Waals surface area contributed by atoms with E-state index < -0.39 is 21.9 Å². The topological polar surface area (TPSA) is 102 Å². The van der Waals surface area contributed by atoms with Gasteiger partial charge in [-0.1, -0.05) is 6.42 Å². The highest BCUT2D eigenvalue weighted by Gasteiger charge is 2.33. The van der Waals surface area contributed by atoms with Gasteiger partial charge in [0.25, 0.3) is 5.91 Å². The van der Waals surface area contributed by atoms with Crippen molar-refractivity contribution in [2.45, 2.75) is 63.5 Å². The highest BCUT2D eigenvalue weighted by molar-refractivity contribution is 7.89. The van der Waals surface area contributed by atoms with Crippen molar-refractivity contribution in [3.63, 3.8) is 0 Å². The molecule has 1 unspecified atom stereocenters. The number of rotatable bonds is 8. The average Bonchev–Trinajstić information content (AvgIpc) is 2.67. The van der Waals surface area contributed by atoms with E-state index in [2.05, 4.69) is 5.32 Å². The van der Waals surface area contributed by atoms with Crippen LogP contribution in [0.4, 0.5) is 0 Å². The molecule has 2 rings (SSSR count). The summed E-state index contributed by atoms with van der Waals surface area (Å²) in [6.07, 6.45) is 2.42. The maximum Gasteiger partial charge on any atom is 0.307 e. The van der Waals surface area contributed by atoms with Gasteiger partial charge in [0.05, 0.1) is 19.6 Å². The van der Waals surface area contributed by atoms with Crippen LogP contribution < -0.4 is 10.1 Å². The monoisotopic (exact) mass is 426 g/mol. The summed E-state index contributed by atoms with van der Waals surface area (Å²) in [7, 11) is -2.41. The molecule has 0 aromatic heterocycles. The van der Waals surface area contributed by atoms with Gasteiger partial charge >= 0.3 is 5.97 Å². The molecule has 0 bridgehead atoms. The molecule has 9 heteroatoms. The second kappa shape index (κ2) is 10.1. The van der Waals surface area contributed by atoms with Crippen LogP contribution >= 0.6 is 0 Å². The lowest BCUT2D eigenvalue weighted by molar-refractivity contribution is -0.147. The van der Waals surface area contributed by atoms with Crippen molar-refractivity contribution >= 4 is 21.9 Å². The summed E-state index contributed by atoms with van der Waals surface area (Å²) in [4.78, 5) is 24.0. The van der Waals surface area contributed by atoms with Crippen LogP contribution in [0.25, 0.3) is 0 Å². The van der Waals surface area contributed by atoms with Crippen LogP contribution in [0.15, 0.2) is 23.1 Å². The third kappa shape index (κ3) is 5.93. The minimum atomic E-state index is -3.80. The van der Waals surface area contributed by atoms with Crippen molar-refractivity contribution in [3.05, 3.63) is 23.8 Å². The fraction of sp³-hybridized carbons (Fsp3) is 0.600. The molecule has 1 saturated heterocycles. The van der Waals surface area contributed by atoms with Crippen molar-refractivity contribution in [2.75, 3.05) is 20.2 Å². The third-order valence-electron chi connectivity index (χ3n) is 4.74. The molecule has 8 nitrogen and oxygen atoms in total. The lowest BCUT2D eigenvalue weighted by Gasteiger charge is -2.32. The zero-order chi connectivity index (χ0) is 21.6. The van der Waals surface area contributed by atoms with Gasteiger partial charge in [0, 0.05) is 24.7 Å². The van der Waals surface area contributed by atoms with Crippen molar-refractivity contribution in [1.82, 2.24) is 9.62 Å². The number of carbonyl (C=O) groups is 2. The largest absolute Gasteiger partial charge is 0.495 e. The molecule has 1 N–H and O–H groups in total. The van der Waals surface area contributed by atoms with E-state index in [1.807, 2.05) is 6.92 Å². The molecular weight excluding hydrogens is 396 g/mol. The van der Waals surface area contributed by atoms with Crippen molar-refractivity contribution in [3.8, 4) is 5.75 Å². The first kappa shape index (κ1) is 23.2. The summed E-state index contributed by atoms with van der Waals surface area (Å²) in [5, 5.41) is 2.62. The number of nitrogens with one attached hydrogen (secondary N) is 1. The van der Waals surface area contributed by atoms with E-state index in [-0.39, 0.29) is 41.3 Å². The van der Waals surface area contributed by atoms with Crippen LogP contribution in [-0.2, 0) is 19.6 Å². The SMILES string of the molecule is COc1ccc(C(=O)NCCC(=O)OC(C)C)cc1S(=O)(=O)N1CCCCC1C. The number of esters is 1. The molecule has 1 fully saturated rings. The molecule has 0 radical (unpaired) electrons. The summed E-state index contributed by atoms with van der Waals surface area (Å²) < 4.78 is 38.2. The first-order chi connectivity index (χ1) is 13.7. The number of amides is 1. The van der Waals surface area contributed by atoms with E-state index in [4.69, 9.17) is 9.47 Å². The maximum atomic E-state index is 13.2. The first-order valence-electron chi connectivity index (χ1n) is 9.84. The molecule has 1 aromatic rings. The Morgan fingerprint density at radius 1 is 1.28 bits per heavy atom. The number of piperidine rings is 1. The van der Waals surface area contributed by atoms with Gasteiger partial charge in [-0.2, -0.15) is 4.31 Å². The number of ether oxygens (including phenoxy) is 2. The van der Waals surface area contributed by atoms with Crippen LogP contribution in [0, 0.1) is 0 Å². The molecular formula is C20H30N2O6S. The summed E-state index contributed by atoms with van der Waals surface area (Å²) in [6.45, 7) is 5.93. The van der Waals surface area contributed by atoms with Crippen LogP contribution in [0.5, 0.6) is 5.75 Å². The normalized spacial score (nSPS) is 17.8. The first-order valence-corrected chi connectivity index (χ1v) is 11.3. The molecule has 1 heterocycles. The van der Waals surface area contributed by atoms with Gasteiger partial charge in [0.2, 0.25) is 10.0 Å². The molecule has 0 spiro atoms. The minimum absolute atomic E-state index is 0.0272. The molecule has 1 atom stereocenters. The van der Waals surface area contributed by atoms with Crippen LogP contribution in [0.1, 0.15) is 56.8 Å². The zero-order valence-corrected chi connectivity index (χ0v) is 18.3. The van der Waals surface area contributed by atoms with E-state index in [1.54, 1.807) is 13.8 Å². The summed E-state index contributed by atoms with van der Waals surface area (Å²) in [6, 6.07) is 4.20. The van der Waals surface area contributed by atoms with Crippen molar-refractivity contribution in [1.29, 1.82) is 0 Å². The Kier molecular flexibility index (Phi) is 8.04. The number of hydrogen-bond donors (Lipinski definition) is 1. The lowest BCUT2D eigenvalue weighted by Crippen LogP contribution is -2.42. The molecule has 162 valence electrons. The number of sulfonamides is 1. The number of hydrogen-bond acceptors (Lipinski definition) is 6. The molecule has 29 heavy (non-hydrogen) atoms. The van der Waals surface area contributed by atoms with E-state index in [1.165, 1.54) is 29.6 Å². The fourth-order valence-electron chi connectivity index (χ4n) is 3.28. The molecule has 0 aliphatic carbocycles. The summed E-state index contributed by atoms with van der Waals surface area (Å²) >= 11 is 0. The molecule has 1 aliphatic rings. The van der Waals surface area contributed by atoms with Gasteiger partial charge in [-0.25, -0.2) is 8.42 Å². The minimum Gasteiger partial charge on any atom is -0.495 e. The highest BCUT2D eigenvalue weighted by Crippen LogP contribution is 2.31. The lowest BCUT2D eigenvalue weighted by atomic mass is 10.1. The van der Waals surface area contributed by atoms with E-state index >= 15 is 0 Å². The van der Waals surface area contributed by atoms with Gasteiger partial charge in [-0.05, 0) is 51.8 Å². The summed E-state index contributed by atoms with van der Waals surface area (Å²) in [5.41, 5.74) is 0.186. The third-order valence-corrected chi connectivity index (χ3v) is 6.77. The van der Waals surface area contributed by atoms with Gasteiger partial charge in [0.1, 0.15) is 10.6 Å². The quantitative estimate of drug-likeness (QED) is 0.640. The Bertz CT molecular complexity index is 837. The Hall–Kier alpha value is -2.13. The Labute approximate surface area is 172 Å². The summed E-state index contributed by atoms with van der Waals surface area (Å²) in [5.74, 6) is -0.676. The number of benzene rings is 1. The zero-order valence-electron chi connectivity index (χ0n) is 17.4. The van der Waals surface area contributed by atoms with Crippen LogP contribution in [0.3, 0.4) is 0 Å². The Morgan fingerprint density at radius 3 is 2.62 bits per heavy atom. The van der Waals surface area contributed by atoms with Crippen molar-refractivity contribution in [2.24, 2.45) is 0 Å². The van der Waals surface area contributed by atoms with Gasteiger partial charge in [0.15, 0.2) is 0 Å². The maximum absolute atomic E-state index is 13.2. The van der Waals surface area contributed by atoms with Gasteiger partial charge in [-0.15, -0.1) is 0 Å². The molecule has 0 saturated carbocycles. The number of carbonyl (C=O) groups excluding carboxylic acids is 2. The average molecular weight is 427 g/mol. The second-order valence-electron chi connectivity index (χ2n) is 7.37. The van der Waals surface area contributed by atoms with Gasteiger partial charge < -0.3 is 14.8 Å². The smallest absolute Gasteiger partial charge is 0.307 e. The van der Waals surface area contributed by atoms with Gasteiger partial charge in [-0.3, -0.25) is 9.59 Å². The van der Waals surface area contributed by atoms with Crippen LogP contribution in [0.2, 0.25) is 0 Å². The second-order valence-corrected chi connectivity index (χ2v) is 9.23. The predicted molar refractivity (Wildman–Crippen MR) is 108 cm³/mol.